The van der Waals surface area contributed by atoms with E-state index < -0.39 is 38.4 Å². The molecule has 0 aromatic heterocycles. The fourth-order valence-corrected chi connectivity index (χ4v) is 5.30. The van der Waals surface area contributed by atoms with Crippen molar-refractivity contribution in [3.63, 3.8) is 0 Å². The number of benzene rings is 2. The van der Waals surface area contributed by atoms with Gasteiger partial charge in [-0.3, -0.25) is 19.3 Å². The average Bonchev–Trinajstić information content (AvgIpc) is 3.03. The molecule has 3 amide bonds. The number of carbonyl (C=O) groups excluding carboxylic acids is 3. The molecule has 0 atom stereocenters. The Labute approximate surface area is 183 Å². The SMILES string of the molecule is O=C(CCN1C(=O)c2ccccc2C1=O)N1CCN(S(=O)(=O)c2cc(F)ccc2F)CC1. The number of nitrogens with zero attached hydrogens (tertiary/aromatic N) is 3. The normalized spacial score (nSPS) is 17.1. The van der Waals surface area contributed by atoms with Crippen LogP contribution in [0, 0.1) is 11.6 Å². The zero-order valence-electron chi connectivity index (χ0n) is 16.8. The Morgan fingerprint density at radius 2 is 1.50 bits per heavy atom. The summed E-state index contributed by atoms with van der Waals surface area (Å²) in [5.41, 5.74) is 0.599. The highest BCUT2D eigenvalue weighted by Gasteiger charge is 2.36. The first kappa shape index (κ1) is 22.0. The molecule has 168 valence electrons. The number of hydrogen-bond acceptors (Lipinski definition) is 5. The van der Waals surface area contributed by atoms with E-state index in [4.69, 9.17) is 0 Å². The van der Waals surface area contributed by atoms with Gasteiger partial charge in [-0.1, -0.05) is 12.1 Å². The van der Waals surface area contributed by atoms with Gasteiger partial charge in [-0.15, -0.1) is 0 Å². The number of hydrogen-bond donors (Lipinski definition) is 0. The van der Waals surface area contributed by atoms with Gasteiger partial charge in [-0.2, -0.15) is 4.31 Å². The van der Waals surface area contributed by atoms with E-state index in [9.17, 15) is 31.6 Å². The average molecular weight is 463 g/mol. The topological polar surface area (TPSA) is 95.1 Å². The van der Waals surface area contributed by atoms with Crippen LogP contribution in [0.1, 0.15) is 27.1 Å². The van der Waals surface area contributed by atoms with Crippen LogP contribution >= 0.6 is 0 Å². The lowest BCUT2D eigenvalue weighted by Crippen LogP contribution is -2.51. The molecule has 0 N–H and O–H groups in total. The quantitative estimate of drug-likeness (QED) is 0.626. The van der Waals surface area contributed by atoms with Gasteiger partial charge in [0.05, 0.1) is 11.1 Å². The van der Waals surface area contributed by atoms with Gasteiger partial charge in [0.1, 0.15) is 16.5 Å². The highest BCUT2D eigenvalue weighted by molar-refractivity contribution is 7.89. The van der Waals surface area contributed by atoms with E-state index >= 15 is 0 Å². The van der Waals surface area contributed by atoms with Crippen molar-refractivity contribution in [3.05, 3.63) is 65.2 Å². The van der Waals surface area contributed by atoms with Crippen LogP contribution in [0.15, 0.2) is 47.4 Å². The maximum atomic E-state index is 13.9. The molecule has 2 aliphatic rings. The number of fused-ring (bicyclic) bond motifs is 1. The van der Waals surface area contributed by atoms with Crippen LogP contribution in [0.4, 0.5) is 8.78 Å². The molecule has 1 fully saturated rings. The van der Waals surface area contributed by atoms with Gasteiger partial charge in [0.25, 0.3) is 11.8 Å². The molecule has 2 aliphatic heterocycles. The fourth-order valence-electron chi connectivity index (χ4n) is 3.80. The second kappa shape index (κ2) is 8.40. The Hall–Kier alpha value is -3.18. The summed E-state index contributed by atoms with van der Waals surface area (Å²) in [6.45, 7) is -0.152. The number of piperazine rings is 1. The van der Waals surface area contributed by atoms with Gasteiger partial charge in [0.2, 0.25) is 15.9 Å². The van der Waals surface area contributed by atoms with Gasteiger partial charge in [0, 0.05) is 39.1 Å². The Kier molecular flexibility index (Phi) is 5.78. The van der Waals surface area contributed by atoms with Crippen molar-refractivity contribution in [2.24, 2.45) is 0 Å². The minimum absolute atomic E-state index is 0.0527. The molecular weight excluding hydrogens is 444 g/mol. The lowest BCUT2D eigenvalue weighted by atomic mass is 10.1. The van der Waals surface area contributed by atoms with Crippen molar-refractivity contribution >= 4 is 27.7 Å². The van der Waals surface area contributed by atoms with Crippen LogP contribution in [-0.2, 0) is 14.8 Å². The minimum Gasteiger partial charge on any atom is -0.340 e. The van der Waals surface area contributed by atoms with Gasteiger partial charge in [-0.05, 0) is 30.3 Å². The van der Waals surface area contributed by atoms with E-state index in [2.05, 4.69) is 0 Å². The molecule has 8 nitrogen and oxygen atoms in total. The second-order valence-corrected chi connectivity index (χ2v) is 9.32. The summed E-state index contributed by atoms with van der Waals surface area (Å²) in [5.74, 6) is -3.16. The maximum Gasteiger partial charge on any atom is 0.261 e. The third kappa shape index (κ3) is 3.89. The van der Waals surface area contributed by atoms with Crippen LogP contribution in [0.25, 0.3) is 0 Å². The Morgan fingerprint density at radius 1 is 0.906 bits per heavy atom. The molecule has 1 saturated heterocycles. The maximum absolute atomic E-state index is 13.9. The molecule has 0 spiro atoms. The van der Waals surface area contributed by atoms with Crippen LogP contribution in [0.5, 0.6) is 0 Å². The molecule has 11 heteroatoms. The van der Waals surface area contributed by atoms with Crippen molar-refractivity contribution < 1.29 is 31.6 Å². The van der Waals surface area contributed by atoms with Crippen LogP contribution in [-0.4, -0.2) is 73.0 Å². The Morgan fingerprint density at radius 3 is 2.09 bits per heavy atom. The molecular formula is C21H19F2N3O5S. The van der Waals surface area contributed by atoms with Crippen molar-refractivity contribution in [1.82, 2.24) is 14.1 Å². The van der Waals surface area contributed by atoms with E-state index in [1.54, 1.807) is 24.3 Å². The minimum atomic E-state index is -4.25. The standard InChI is InChI=1S/C21H19F2N3O5S/c22-14-5-6-17(23)18(13-14)32(30,31)25-11-9-24(10-12-25)19(27)7-8-26-20(28)15-3-1-2-4-16(15)21(26)29/h1-6,13H,7-12H2. The third-order valence-corrected chi connectivity index (χ3v) is 7.44. The molecule has 2 aromatic rings. The van der Waals surface area contributed by atoms with Crippen LogP contribution < -0.4 is 0 Å². The van der Waals surface area contributed by atoms with Crippen LogP contribution in [0.3, 0.4) is 0 Å². The van der Waals surface area contributed by atoms with Gasteiger partial charge < -0.3 is 4.90 Å². The largest absolute Gasteiger partial charge is 0.340 e. The summed E-state index contributed by atoms with van der Waals surface area (Å²) in [5, 5.41) is 0. The second-order valence-electron chi connectivity index (χ2n) is 7.42. The zero-order valence-corrected chi connectivity index (χ0v) is 17.6. The summed E-state index contributed by atoms with van der Waals surface area (Å²) in [7, 11) is -4.25. The summed E-state index contributed by atoms with van der Waals surface area (Å²) >= 11 is 0. The summed E-state index contributed by atoms with van der Waals surface area (Å²) < 4.78 is 53.7. The van der Waals surface area contributed by atoms with E-state index in [0.717, 1.165) is 21.3 Å². The molecule has 0 aliphatic carbocycles. The zero-order chi connectivity index (χ0) is 23.0. The molecule has 32 heavy (non-hydrogen) atoms. The van der Waals surface area contributed by atoms with Crippen molar-refractivity contribution in [1.29, 1.82) is 0 Å². The van der Waals surface area contributed by atoms with E-state index in [1.807, 2.05) is 0 Å². The van der Waals surface area contributed by atoms with E-state index in [-0.39, 0.29) is 45.1 Å². The van der Waals surface area contributed by atoms with Crippen molar-refractivity contribution in [2.45, 2.75) is 11.3 Å². The lowest BCUT2D eigenvalue weighted by Gasteiger charge is -2.34. The smallest absolute Gasteiger partial charge is 0.261 e. The lowest BCUT2D eigenvalue weighted by molar-refractivity contribution is -0.132. The number of amides is 3. The van der Waals surface area contributed by atoms with E-state index in [0.29, 0.717) is 17.2 Å². The first-order valence-corrected chi connectivity index (χ1v) is 11.3. The molecule has 2 heterocycles. The first-order valence-electron chi connectivity index (χ1n) is 9.88. The predicted octanol–water partition coefficient (Wildman–Crippen LogP) is 1.48. The number of imide groups is 1. The van der Waals surface area contributed by atoms with Gasteiger partial charge >= 0.3 is 0 Å². The number of rotatable bonds is 5. The molecule has 2 aromatic carbocycles. The number of carbonyl (C=O) groups is 3. The molecule has 0 bridgehead atoms. The highest BCUT2D eigenvalue weighted by atomic mass is 32.2. The molecule has 4 rings (SSSR count). The fraction of sp³-hybridized carbons (Fsp3) is 0.286. The summed E-state index contributed by atoms with van der Waals surface area (Å²) in [4.78, 5) is 39.0. The molecule has 0 saturated carbocycles. The van der Waals surface area contributed by atoms with E-state index in [1.165, 1.54) is 4.90 Å². The van der Waals surface area contributed by atoms with Gasteiger partial charge in [-0.25, -0.2) is 17.2 Å². The molecule has 0 unspecified atom stereocenters. The summed E-state index contributed by atoms with van der Waals surface area (Å²) in [6.07, 6.45) is -0.100. The number of sulfonamides is 1. The monoisotopic (exact) mass is 463 g/mol. The van der Waals surface area contributed by atoms with Gasteiger partial charge in [0.15, 0.2) is 0 Å². The van der Waals surface area contributed by atoms with Crippen LogP contribution in [0.2, 0.25) is 0 Å². The molecule has 0 radical (unpaired) electrons. The highest BCUT2D eigenvalue weighted by Crippen LogP contribution is 2.24. The number of halogens is 2. The third-order valence-electron chi connectivity index (χ3n) is 5.53. The Bertz CT molecular complexity index is 1170. The van der Waals surface area contributed by atoms with Crippen molar-refractivity contribution in [3.8, 4) is 0 Å². The summed E-state index contributed by atoms with van der Waals surface area (Å²) in [6, 6.07) is 8.63. The Balaban J connectivity index is 1.35. The van der Waals surface area contributed by atoms with Crippen molar-refractivity contribution in [2.75, 3.05) is 32.7 Å². The first-order chi connectivity index (χ1) is 15.2. The predicted molar refractivity (Wildman–Crippen MR) is 108 cm³/mol.